The Labute approximate surface area is 77.8 Å². The van der Waals surface area contributed by atoms with Gasteiger partial charge in [0, 0.05) is 5.41 Å². The molecule has 0 atom stereocenters. The molecule has 0 fully saturated rings. The summed E-state index contributed by atoms with van der Waals surface area (Å²) in [4.78, 5) is 0.449. The Bertz CT molecular complexity index is 496. The average molecular weight is 194 g/mol. The molecular formula is C10H10O2S. The van der Waals surface area contributed by atoms with Crippen LogP contribution in [0.5, 0.6) is 0 Å². The van der Waals surface area contributed by atoms with Crippen molar-refractivity contribution in [3.8, 4) is 0 Å². The van der Waals surface area contributed by atoms with E-state index in [1.54, 1.807) is 6.07 Å². The molecule has 0 aromatic heterocycles. The van der Waals surface area contributed by atoms with Crippen LogP contribution in [0.1, 0.15) is 18.1 Å². The van der Waals surface area contributed by atoms with Crippen molar-refractivity contribution in [2.45, 2.75) is 18.7 Å². The van der Waals surface area contributed by atoms with Crippen LogP contribution < -0.4 is 0 Å². The third-order valence-corrected chi connectivity index (χ3v) is 3.82. The SMILES string of the molecule is CC1=CS(=O)(=O)c2cc(C)ccc21. The number of hydrogen-bond acceptors (Lipinski definition) is 2. The van der Waals surface area contributed by atoms with Crippen LogP contribution in [0.2, 0.25) is 0 Å². The number of aryl methyl sites for hydroxylation is 1. The lowest BCUT2D eigenvalue weighted by molar-refractivity contribution is 0.605. The van der Waals surface area contributed by atoms with Crippen molar-refractivity contribution in [3.63, 3.8) is 0 Å². The molecule has 0 radical (unpaired) electrons. The van der Waals surface area contributed by atoms with Crippen molar-refractivity contribution < 1.29 is 8.42 Å². The molecule has 0 amide bonds. The maximum absolute atomic E-state index is 11.5. The molecule has 0 saturated carbocycles. The van der Waals surface area contributed by atoms with Crippen LogP contribution in [-0.4, -0.2) is 8.42 Å². The maximum atomic E-state index is 11.5. The topological polar surface area (TPSA) is 34.1 Å². The molecule has 0 bridgehead atoms. The Morgan fingerprint density at radius 2 is 1.85 bits per heavy atom. The summed E-state index contributed by atoms with van der Waals surface area (Å²) in [5.74, 6) is 0. The highest BCUT2D eigenvalue weighted by Crippen LogP contribution is 2.33. The molecule has 0 aliphatic carbocycles. The summed E-state index contributed by atoms with van der Waals surface area (Å²) >= 11 is 0. The van der Waals surface area contributed by atoms with Crippen LogP contribution in [0.15, 0.2) is 28.5 Å². The van der Waals surface area contributed by atoms with E-state index in [0.29, 0.717) is 4.90 Å². The van der Waals surface area contributed by atoms with Crippen LogP contribution >= 0.6 is 0 Å². The molecular weight excluding hydrogens is 184 g/mol. The fourth-order valence-electron chi connectivity index (χ4n) is 1.55. The lowest BCUT2D eigenvalue weighted by atomic mass is 10.1. The minimum atomic E-state index is -3.14. The van der Waals surface area contributed by atoms with Gasteiger partial charge >= 0.3 is 0 Å². The van der Waals surface area contributed by atoms with Crippen LogP contribution in [-0.2, 0) is 9.84 Å². The van der Waals surface area contributed by atoms with Gasteiger partial charge in [0.25, 0.3) is 0 Å². The van der Waals surface area contributed by atoms with Crippen molar-refractivity contribution in [2.75, 3.05) is 0 Å². The highest BCUT2D eigenvalue weighted by Gasteiger charge is 2.23. The van der Waals surface area contributed by atoms with Crippen molar-refractivity contribution in [2.24, 2.45) is 0 Å². The zero-order valence-corrected chi connectivity index (χ0v) is 8.35. The van der Waals surface area contributed by atoms with E-state index in [0.717, 1.165) is 16.7 Å². The van der Waals surface area contributed by atoms with E-state index in [1.165, 1.54) is 5.41 Å². The van der Waals surface area contributed by atoms with E-state index in [-0.39, 0.29) is 0 Å². The highest BCUT2D eigenvalue weighted by atomic mass is 32.2. The molecule has 1 aromatic carbocycles. The Morgan fingerprint density at radius 1 is 1.15 bits per heavy atom. The number of rotatable bonds is 0. The first-order valence-corrected chi connectivity index (χ1v) is 5.60. The summed E-state index contributed by atoms with van der Waals surface area (Å²) in [6.07, 6.45) is 0. The Morgan fingerprint density at radius 3 is 2.54 bits per heavy atom. The molecule has 3 heteroatoms. The fourth-order valence-corrected chi connectivity index (χ4v) is 3.16. The summed E-state index contributed by atoms with van der Waals surface area (Å²) in [7, 11) is -3.14. The van der Waals surface area contributed by atoms with Crippen LogP contribution in [0.3, 0.4) is 0 Å². The van der Waals surface area contributed by atoms with Gasteiger partial charge in [-0.25, -0.2) is 8.42 Å². The number of fused-ring (bicyclic) bond motifs is 1. The smallest absolute Gasteiger partial charge is 0.200 e. The van der Waals surface area contributed by atoms with Crippen molar-refractivity contribution in [3.05, 3.63) is 34.7 Å². The van der Waals surface area contributed by atoms with E-state index in [1.807, 2.05) is 26.0 Å². The van der Waals surface area contributed by atoms with E-state index >= 15 is 0 Å². The van der Waals surface area contributed by atoms with Gasteiger partial charge < -0.3 is 0 Å². The second kappa shape index (κ2) is 2.45. The van der Waals surface area contributed by atoms with Gasteiger partial charge in [0.05, 0.1) is 4.90 Å². The predicted octanol–water partition coefficient (Wildman–Crippen LogP) is 2.14. The van der Waals surface area contributed by atoms with Gasteiger partial charge in [-0.15, -0.1) is 0 Å². The zero-order chi connectivity index (χ0) is 9.64. The normalized spacial score (nSPS) is 18.2. The predicted molar refractivity (Wildman–Crippen MR) is 52.0 cm³/mol. The molecule has 0 spiro atoms. The molecule has 13 heavy (non-hydrogen) atoms. The van der Waals surface area contributed by atoms with Gasteiger partial charge in [0.15, 0.2) is 0 Å². The quantitative estimate of drug-likeness (QED) is 0.634. The zero-order valence-electron chi connectivity index (χ0n) is 7.53. The summed E-state index contributed by atoms with van der Waals surface area (Å²) in [5.41, 5.74) is 2.64. The number of hydrogen-bond donors (Lipinski definition) is 0. The molecule has 68 valence electrons. The number of sulfone groups is 1. The first kappa shape index (κ1) is 8.51. The molecule has 1 aliphatic heterocycles. The van der Waals surface area contributed by atoms with E-state index in [9.17, 15) is 8.42 Å². The third kappa shape index (κ3) is 1.20. The Hall–Kier alpha value is -1.09. The molecule has 1 heterocycles. The Kier molecular flexibility index (Phi) is 1.60. The second-order valence-corrected chi connectivity index (χ2v) is 5.11. The highest BCUT2D eigenvalue weighted by molar-refractivity contribution is 7.95. The summed E-state index contributed by atoms with van der Waals surface area (Å²) in [6, 6.07) is 5.51. The third-order valence-electron chi connectivity index (χ3n) is 2.20. The average Bonchev–Trinajstić information content (AvgIpc) is 2.23. The first-order chi connectivity index (χ1) is 6.00. The lowest BCUT2D eigenvalue weighted by Crippen LogP contribution is -1.93. The minimum Gasteiger partial charge on any atom is -0.219 e. The summed E-state index contributed by atoms with van der Waals surface area (Å²) < 4.78 is 23.1. The molecule has 1 aliphatic rings. The molecule has 0 N–H and O–H groups in total. The van der Waals surface area contributed by atoms with E-state index in [4.69, 9.17) is 0 Å². The van der Waals surface area contributed by atoms with Crippen molar-refractivity contribution in [1.29, 1.82) is 0 Å². The lowest BCUT2D eigenvalue weighted by Gasteiger charge is -2.00. The first-order valence-electron chi connectivity index (χ1n) is 4.05. The van der Waals surface area contributed by atoms with Crippen LogP contribution in [0.4, 0.5) is 0 Å². The summed E-state index contributed by atoms with van der Waals surface area (Å²) in [5, 5.41) is 1.33. The van der Waals surface area contributed by atoms with Gasteiger partial charge in [0.2, 0.25) is 9.84 Å². The Balaban J connectivity index is 2.83. The van der Waals surface area contributed by atoms with Gasteiger partial charge in [-0.3, -0.25) is 0 Å². The molecule has 0 unspecified atom stereocenters. The number of benzene rings is 1. The van der Waals surface area contributed by atoms with Gasteiger partial charge in [-0.1, -0.05) is 12.1 Å². The molecule has 2 nitrogen and oxygen atoms in total. The maximum Gasteiger partial charge on any atom is 0.200 e. The summed E-state index contributed by atoms with van der Waals surface area (Å²) in [6.45, 7) is 3.71. The van der Waals surface area contributed by atoms with Crippen molar-refractivity contribution in [1.82, 2.24) is 0 Å². The van der Waals surface area contributed by atoms with Crippen molar-refractivity contribution >= 4 is 15.4 Å². The van der Waals surface area contributed by atoms with E-state index < -0.39 is 9.84 Å². The van der Waals surface area contributed by atoms with Crippen LogP contribution in [0.25, 0.3) is 5.57 Å². The van der Waals surface area contributed by atoms with Gasteiger partial charge in [-0.05, 0) is 36.6 Å². The van der Waals surface area contributed by atoms with E-state index in [2.05, 4.69) is 0 Å². The standard InChI is InChI=1S/C10H10O2S/c1-7-3-4-9-8(2)6-13(11,12)10(9)5-7/h3-6H,1-2H3. The fraction of sp³-hybridized carbons (Fsp3) is 0.200. The van der Waals surface area contributed by atoms with Gasteiger partial charge in [-0.2, -0.15) is 0 Å². The molecule has 0 saturated heterocycles. The molecule has 1 aromatic rings. The largest absolute Gasteiger partial charge is 0.219 e. The van der Waals surface area contributed by atoms with Crippen LogP contribution in [0, 0.1) is 6.92 Å². The molecule has 2 rings (SSSR count). The van der Waals surface area contributed by atoms with Gasteiger partial charge in [0.1, 0.15) is 0 Å². The number of allylic oxidation sites excluding steroid dienone is 1. The monoisotopic (exact) mass is 194 g/mol. The second-order valence-electron chi connectivity index (χ2n) is 3.35. The minimum absolute atomic E-state index is 0.449.